The number of rotatable bonds is 6. The SMILES string of the molecule is Cc1nc(NCCNC(=O)OC(C)(C)C)c(Br)nc1Sc1ccnc(Cl)c1Cl. The molecule has 2 aromatic heterocycles. The molecule has 2 rings (SSSR count). The zero-order valence-corrected chi connectivity index (χ0v) is 19.7. The summed E-state index contributed by atoms with van der Waals surface area (Å²) in [7, 11) is 0. The first-order valence-electron chi connectivity index (χ1n) is 8.29. The number of carbonyl (C=O) groups excluding carboxylic acids is 1. The average molecular weight is 509 g/mol. The standard InChI is InChI=1S/C17H20BrCl2N5O2S/c1-9-15(28-10-5-6-21-13(20)11(10)19)25-12(18)14(24-9)22-7-8-23-16(26)27-17(2,3)4/h5-6H,7-8H2,1-4H3,(H,22,24)(H,23,26). The Hall–Kier alpha value is -1.29. The zero-order valence-electron chi connectivity index (χ0n) is 15.8. The molecule has 7 nitrogen and oxygen atoms in total. The Kier molecular flexibility index (Phi) is 8.18. The summed E-state index contributed by atoms with van der Waals surface area (Å²) in [6, 6.07) is 1.77. The minimum atomic E-state index is -0.529. The Morgan fingerprint density at radius 2 is 2.00 bits per heavy atom. The summed E-state index contributed by atoms with van der Waals surface area (Å²) >= 11 is 16.9. The number of nitrogens with one attached hydrogen (secondary N) is 2. The van der Waals surface area contributed by atoms with Crippen LogP contribution >= 0.6 is 50.9 Å². The molecule has 11 heteroatoms. The predicted molar refractivity (Wildman–Crippen MR) is 116 cm³/mol. The molecular weight excluding hydrogens is 489 g/mol. The zero-order chi connectivity index (χ0) is 20.9. The molecule has 0 saturated heterocycles. The van der Waals surface area contributed by atoms with Crippen LogP contribution in [0.15, 0.2) is 26.8 Å². The molecule has 152 valence electrons. The van der Waals surface area contributed by atoms with E-state index in [-0.39, 0.29) is 5.15 Å². The molecule has 2 N–H and O–H groups in total. The number of anilines is 1. The fourth-order valence-electron chi connectivity index (χ4n) is 1.94. The van der Waals surface area contributed by atoms with E-state index in [1.54, 1.807) is 12.3 Å². The number of halogens is 3. The lowest BCUT2D eigenvalue weighted by Crippen LogP contribution is -2.35. The Bertz CT molecular complexity index is 864. The van der Waals surface area contributed by atoms with Crippen LogP contribution in [-0.2, 0) is 4.74 Å². The second kappa shape index (κ2) is 9.96. The number of hydrogen-bond acceptors (Lipinski definition) is 7. The molecule has 0 bridgehead atoms. The highest BCUT2D eigenvalue weighted by Gasteiger charge is 2.16. The molecule has 0 aliphatic heterocycles. The number of nitrogens with zero attached hydrogens (tertiary/aromatic N) is 3. The summed E-state index contributed by atoms with van der Waals surface area (Å²) in [6.45, 7) is 8.13. The van der Waals surface area contributed by atoms with Crippen LogP contribution in [0.2, 0.25) is 10.2 Å². The highest BCUT2D eigenvalue weighted by molar-refractivity contribution is 9.10. The summed E-state index contributed by atoms with van der Waals surface area (Å²) in [5.74, 6) is 0.576. The third kappa shape index (κ3) is 6.95. The molecule has 0 spiro atoms. The van der Waals surface area contributed by atoms with Crippen molar-refractivity contribution in [1.29, 1.82) is 0 Å². The van der Waals surface area contributed by atoms with Gasteiger partial charge in [-0.25, -0.2) is 19.7 Å². The fourth-order valence-corrected chi connectivity index (χ4v) is 3.76. The van der Waals surface area contributed by atoms with Gasteiger partial charge in [-0.2, -0.15) is 0 Å². The van der Waals surface area contributed by atoms with Gasteiger partial charge in [-0.1, -0.05) is 35.0 Å². The Morgan fingerprint density at radius 3 is 2.68 bits per heavy atom. The lowest BCUT2D eigenvalue weighted by atomic mass is 10.2. The third-order valence-electron chi connectivity index (χ3n) is 3.09. The lowest BCUT2D eigenvalue weighted by Gasteiger charge is -2.19. The molecule has 0 fully saturated rings. The minimum Gasteiger partial charge on any atom is -0.444 e. The second-order valence-electron chi connectivity index (χ2n) is 6.62. The van der Waals surface area contributed by atoms with Crippen LogP contribution in [-0.4, -0.2) is 39.7 Å². The highest BCUT2D eigenvalue weighted by Crippen LogP contribution is 2.37. The van der Waals surface area contributed by atoms with Crippen molar-refractivity contribution in [3.05, 3.63) is 32.7 Å². The van der Waals surface area contributed by atoms with Gasteiger partial charge in [0.25, 0.3) is 0 Å². The van der Waals surface area contributed by atoms with Crippen molar-refractivity contribution < 1.29 is 9.53 Å². The Morgan fingerprint density at radius 1 is 1.29 bits per heavy atom. The van der Waals surface area contributed by atoms with Gasteiger partial charge in [0.15, 0.2) is 5.82 Å². The summed E-state index contributed by atoms with van der Waals surface area (Å²) in [4.78, 5) is 25.4. The molecule has 0 saturated carbocycles. The number of pyridine rings is 1. The molecule has 0 atom stereocenters. The minimum absolute atomic E-state index is 0.243. The van der Waals surface area contributed by atoms with E-state index in [9.17, 15) is 4.79 Å². The van der Waals surface area contributed by atoms with E-state index < -0.39 is 11.7 Å². The molecule has 0 aliphatic rings. The Labute approximate surface area is 186 Å². The van der Waals surface area contributed by atoms with Crippen LogP contribution in [0.3, 0.4) is 0 Å². The first-order chi connectivity index (χ1) is 13.1. The molecule has 0 aromatic carbocycles. The van der Waals surface area contributed by atoms with Crippen molar-refractivity contribution in [3.63, 3.8) is 0 Å². The number of aryl methyl sites for hydroxylation is 1. The first kappa shape index (κ1) is 23.0. The van der Waals surface area contributed by atoms with E-state index in [1.165, 1.54) is 11.8 Å². The van der Waals surface area contributed by atoms with Crippen molar-refractivity contribution in [2.75, 3.05) is 18.4 Å². The summed E-state index contributed by atoms with van der Waals surface area (Å²) in [5, 5.41) is 7.11. The lowest BCUT2D eigenvalue weighted by molar-refractivity contribution is 0.0530. The second-order valence-corrected chi connectivity index (χ2v) is 9.14. The summed E-state index contributed by atoms with van der Waals surface area (Å²) in [5.41, 5.74) is 0.193. The highest BCUT2D eigenvalue weighted by atomic mass is 79.9. The fraction of sp³-hybridized carbons (Fsp3) is 0.412. The van der Waals surface area contributed by atoms with Gasteiger partial charge in [0.05, 0.1) is 10.7 Å². The quantitative estimate of drug-likeness (QED) is 0.402. The van der Waals surface area contributed by atoms with Crippen LogP contribution in [0.1, 0.15) is 26.5 Å². The van der Waals surface area contributed by atoms with Crippen LogP contribution in [0.25, 0.3) is 0 Å². The predicted octanol–water partition coefficient (Wildman–Crippen LogP) is 5.34. The molecule has 28 heavy (non-hydrogen) atoms. The van der Waals surface area contributed by atoms with Crippen molar-refractivity contribution in [2.24, 2.45) is 0 Å². The van der Waals surface area contributed by atoms with E-state index in [0.717, 1.165) is 10.6 Å². The van der Waals surface area contributed by atoms with Gasteiger partial charge in [0.2, 0.25) is 0 Å². The Balaban J connectivity index is 1.96. The van der Waals surface area contributed by atoms with E-state index >= 15 is 0 Å². The average Bonchev–Trinajstić information content (AvgIpc) is 2.58. The van der Waals surface area contributed by atoms with E-state index in [2.05, 4.69) is 41.5 Å². The maximum absolute atomic E-state index is 11.6. The molecule has 2 aromatic rings. The van der Waals surface area contributed by atoms with Crippen molar-refractivity contribution in [1.82, 2.24) is 20.3 Å². The van der Waals surface area contributed by atoms with E-state index in [4.69, 9.17) is 27.9 Å². The monoisotopic (exact) mass is 507 g/mol. The first-order valence-corrected chi connectivity index (χ1v) is 10.7. The smallest absolute Gasteiger partial charge is 0.407 e. The maximum Gasteiger partial charge on any atom is 0.407 e. The van der Waals surface area contributed by atoms with Crippen molar-refractivity contribution >= 4 is 62.8 Å². The number of aromatic nitrogens is 3. The van der Waals surface area contributed by atoms with E-state index in [0.29, 0.717) is 33.6 Å². The van der Waals surface area contributed by atoms with Gasteiger partial charge >= 0.3 is 6.09 Å². The van der Waals surface area contributed by atoms with E-state index in [1.807, 2.05) is 27.7 Å². The van der Waals surface area contributed by atoms with Crippen molar-refractivity contribution in [2.45, 2.75) is 43.2 Å². The number of alkyl carbamates (subject to hydrolysis) is 1. The van der Waals surface area contributed by atoms with Crippen LogP contribution in [0.5, 0.6) is 0 Å². The van der Waals surface area contributed by atoms with Gasteiger partial charge in [-0.15, -0.1) is 0 Å². The molecule has 0 unspecified atom stereocenters. The normalized spacial score (nSPS) is 11.2. The van der Waals surface area contributed by atoms with Gasteiger partial charge < -0.3 is 15.4 Å². The van der Waals surface area contributed by atoms with Gasteiger partial charge in [-0.3, -0.25) is 0 Å². The number of hydrogen-bond donors (Lipinski definition) is 2. The molecule has 0 aliphatic carbocycles. The largest absolute Gasteiger partial charge is 0.444 e. The van der Waals surface area contributed by atoms with Gasteiger partial charge in [0, 0.05) is 24.2 Å². The molecule has 1 amide bonds. The van der Waals surface area contributed by atoms with Gasteiger partial charge in [0.1, 0.15) is 20.4 Å². The van der Waals surface area contributed by atoms with Crippen LogP contribution in [0, 0.1) is 6.92 Å². The maximum atomic E-state index is 11.6. The van der Waals surface area contributed by atoms with Crippen molar-refractivity contribution in [3.8, 4) is 0 Å². The topological polar surface area (TPSA) is 89.0 Å². The third-order valence-corrected chi connectivity index (χ3v) is 5.66. The van der Waals surface area contributed by atoms with Crippen LogP contribution < -0.4 is 10.6 Å². The molecule has 0 radical (unpaired) electrons. The molecular formula is C17H20BrCl2N5O2S. The number of amides is 1. The van der Waals surface area contributed by atoms with Crippen LogP contribution in [0.4, 0.5) is 10.6 Å². The number of carbonyl (C=O) groups is 1. The summed E-state index contributed by atoms with van der Waals surface area (Å²) < 4.78 is 5.73. The molecule has 2 heterocycles. The summed E-state index contributed by atoms with van der Waals surface area (Å²) in [6.07, 6.45) is 1.12. The van der Waals surface area contributed by atoms with Gasteiger partial charge in [-0.05, 0) is 49.7 Å². The number of ether oxygens (including phenoxy) is 1.